The zero-order valence-corrected chi connectivity index (χ0v) is 23.7. The molecule has 0 fully saturated rings. The van der Waals surface area contributed by atoms with Crippen LogP contribution in [0.15, 0.2) is 71.4 Å². The fraction of sp³-hybridized carbons (Fsp3) is 0.500. The summed E-state index contributed by atoms with van der Waals surface area (Å²) in [6.07, 6.45) is 14.3. The Labute approximate surface area is 239 Å². The molecule has 8 heteroatoms. The van der Waals surface area contributed by atoms with Crippen molar-refractivity contribution in [3.05, 3.63) is 61.2 Å². The van der Waals surface area contributed by atoms with E-state index in [4.69, 9.17) is 19.9 Å². The van der Waals surface area contributed by atoms with Gasteiger partial charge in [0.05, 0.1) is 24.6 Å². The van der Waals surface area contributed by atoms with Gasteiger partial charge in [0.15, 0.2) is 0 Å². The third-order valence-electron chi connectivity index (χ3n) is 6.24. The molecular weight excluding hydrogens is 506 g/mol. The van der Waals surface area contributed by atoms with Crippen LogP contribution in [0.3, 0.4) is 0 Å². The van der Waals surface area contributed by atoms with E-state index in [1.54, 1.807) is 24.3 Å². The van der Waals surface area contributed by atoms with Crippen LogP contribution < -0.4 is 15.2 Å². The highest BCUT2D eigenvalue weighted by Gasteiger charge is 2.05. The van der Waals surface area contributed by atoms with E-state index in [1.807, 2.05) is 24.3 Å². The van der Waals surface area contributed by atoms with Gasteiger partial charge in [-0.15, -0.1) is 0 Å². The van der Waals surface area contributed by atoms with Gasteiger partial charge < -0.3 is 19.9 Å². The van der Waals surface area contributed by atoms with Crippen LogP contribution in [0, 0.1) is 0 Å². The second-order valence-corrected chi connectivity index (χ2v) is 9.66. The number of carbonyl (C=O) groups is 2. The van der Waals surface area contributed by atoms with Gasteiger partial charge >= 0.3 is 11.9 Å². The number of nitrogens with zero attached hydrogens (tertiary/aromatic N) is 2. The molecule has 0 aliphatic carbocycles. The average Bonchev–Trinajstić information content (AvgIpc) is 2.97. The Morgan fingerprint density at radius 2 is 1.18 bits per heavy atom. The second kappa shape index (κ2) is 21.3. The monoisotopic (exact) mass is 551 g/mol. The molecular formula is C32H45N3O5. The summed E-state index contributed by atoms with van der Waals surface area (Å²) in [5.41, 5.74) is 6.90. The Hall–Kier alpha value is -3.52. The molecule has 0 saturated carbocycles. The topological polar surface area (TPSA) is 113 Å². The van der Waals surface area contributed by atoms with Gasteiger partial charge in [0.25, 0.3) is 0 Å². The molecule has 0 saturated heterocycles. The van der Waals surface area contributed by atoms with E-state index in [-0.39, 0.29) is 11.9 Å². The van der Waals surface area contributed by atoms with Crippen molar-refractivity contribution in [1.82, 2.24) is 0 Å². The Kier molecular flexibility index (Phi) is 17.4. The molecule has 218 valence electrons. The lowest BCUT2D eigenvalue weighted by Crippen LogP contribution is -2.07. The highest BCUT2D eigenvalue weighted by molar-refractivity contribution is 5.81. The van der Waals surface area contributed by atoms with E-state index >= 15 is 0 Å². The van der Waals surface area contributed by atoms with Gasteiger partial charge in [-0.1, -0.05) is 57.9 Å². The Morgan fingerprint density at radius 1 is 0.675 bits per heavy atom. The summed E-state index contributed by atoms with van der Waals surface area (Å²) in [6.45, 7) is 5.26. The van der Waals surface area contributed by atoms with Crippen LogP contribution in [-0.2, 0) is 14.3 Å². The highest BCUT2D eigenvalue weighted by Crippen LogP contribution is 2.23. The van der Waals surface area contributed by atoms with E-state index in [1.165, 1.54) is 18.9 Å². The summed E-state index contributed by atoms with van der Waals surface area (Å²) in [4.78, 5) is 23.0. The minimum atomic E-state index is -0.349. The van der Waals surface area contributed by atoms with Gasteiger partial charge in [-0.3, -0.25) is 4.79 Å². The van der Waals surface area contributed by atoms with E-state index in [0.717, 1.165) is 82.2 Å². The summed E-state index contributed by atoms with van der Waals surface area (Å²) in [7, 11) is 0. The van der Waals surface area contributed by atoms with Crippen LogP contribution in [0.2, 0.25) is 0 Å². The van der Waals surface area contributed by atoms with Crippen LogP contribution in [0.1, 0.15) is 83.5 Å². The quantitative estimate of drug-likeness (QED) is 0.0519. The summed E-state index contributed by atoms with van der Waals surface area (Å²) >= 11 is 0. The number of hydrogen-bond acceptors (Lipinski definition) is 8. The maximum atomic E-state index is 12.0. The lowest BCUT2D eigenvalue weighted by molar-refractivity contribution is -0.138. The van der Waals surface area contributed by atoms with Gasteiger partial charge in [0, 0.05) is 12.5 Å². The number of esters is 2. The molecule has 2 aromatic rings. The number of ether oxygens (including phenoxy) is 3. The first-order chi connectivity index (χ1) is 19.6. The molecule has 0 aliphatic heterocycles. The number of carbonyl (C=O) groups excluding carboxylic acids is 2. The third kappa shape index (κ3) is 15.8. The van der Waals surface area contributed by atoms with Gasteiger partial charge in [-0.2, -0.15) is 10.2 Å². The van der Waals surface area contributed by atoms with Crippen LogP contribution in [0.25, 0.3) is 0 Å². The second-order valence-electron chi connectivity index (χ2n) is 9.66. The van der Waals surface area contributed by atoms with Crippen molar-refractivity contribution in [2.24, 2.45) is 16.0 Å². The molecule has 0 spiro atoms. The lowest BCUT2D eigenvalue weighted by atomic mass is 10.1. The van der Waals surface area contributed by atoms with Gasteiger partial charge in [0.1, 0.15) is 11.5 Å². The normalized spacial score (nSPS) is 10.9. The third-order valence-corrected chi connectivity index (χ3v) is 6.24. The molecule has 0 aliphatic rings. The van der Waals surface area contributed by atoms with Crippen LogP contribution in [-0.4, -0.2) is 31.7 Å². The fourth-order valence-electron chi connectivity index (χ4n) is 3.94. The Bertz CT molecular complexity index is 1010. The first kappa shape index (κ1) is 32.7. The smallest absolute Gasteiger partial charge is 0.330 e. The molecule has 2 rings (SSSR count). The zero-order valence-electron chi connectivity index (χ0n) is 23.7. The maximum absolute atomic E-state index is 12.0. The molecule has 0 radical (unpaired) electrons. The predicted molar refractivity (Wildman–Crippen MR) is 158 cm³/mol. The maximum Gasteiger partial charge on any atom is 0.330 e. The van der Waals surface area contributed by atoms with Crippen molar-refractivity contribution in [2.45, 2.75) is 83.5 Å². The number of rotatable bonds is 22. The largest absolute Gasteiger partial charge is 0.494 e. The van der Waals surface area contributed by atoms with E-state index in [9.17, 15) is 9.59 Å². The van der Waals surface area contributed by atoms with Crippen LogP contribution in [0.4, 0.5) is 11.4 Å². The van der Waals surface area contributed by atoms with Crippen LogP contribution >= 0.6 is 0 Å². The van der Waals surface area contributed by atoms with E-state index in [0.29, 0.717) is 31.1 Å². The minimum absolute atomic E-state index is 0.215. The van der Waals surface area contributed by atoms with Crippen molar-refractivity contribution >= 4 is 23.3 Å². The number of benzene rings is 2. The van der Waals surface area contributed by atoms with Gasteiger partial charge in [-0.05, 0) is 80.8 Å². The lowest BCUT2D eigenvalue weighted by Gasteiger charge is -2.06. The summed E-state index contributed by atoms with van der Waals surface area (Å²) < 4.78 is 16.2. The standard InChI is InChI=1S/C32H45N3O5/c1-2-31(36)39-26-14-10-5-3-4-9-13-25-38-29-20-16-27(17-21-29)34-35-28-18-22-30(23-19-28)40-32(37)15-11-7-6-8-12-24-33/h2,16-23H,1,3-15,24-26,33H2. The molecule has 2 N–H and O–H groups in total. The Balaban J connectivity index is 1.56. The predicted octanol–water partition coefficient (Wildman–Crippen LogP) is 8.15. The molecule has 0 bridgehead atoms. The molecule has 0 atom stereocenters. The van der Waals surface area contributed by atoms with Crippen molar-refractivity contribution < 1.29 is 23.8 Å². The first-order valence-electron chi connectivity index (χ1n) is 14.6. The molecule has 0 aromatic heterocycles. The molecule has 0 unspecified atom stereocenters. The van der Waals surface area contributed by atoms with Crippen molar-refractivity contribution in [1.29, 1.82) is 0 Å². The molecule has 8 nitrogen and oxygen atoms in total. The average molecular weight is 552 g/mol. The van der Waals surface area contributed by atoms with Crippen molar-refractivity contribution in [3.8, 4) is 11.5 Å². The summed E-state index contributed by atoms with van der Waals surface area (Å²) in [5, 5.41) is 8.53. The van der Waals surface area contributed by atoms with Gasteiger partial charge in [-0.25, -0.2) is 4.79 Å². The molecule has 0 heterocycles. The molecule has 40 heavy (non-hydrogen) atoms. The highest BCUT2D eigenvalue weighted by atomic mass is 16.5. The van der Waals surface area contributed by atoms with Crippen molar-refractivity contribution in [3.63, 3.8) is 0 Å². The minimum Gasteiger partial charge on any atom is -0.494 e. The summed E-state index contributed by atoms with van der Waals surface area (Å²) in [6, 6.07) is 14.6. The molecule has 0 amide bonds. The first-order valence-corrected chi connectivity index (χ1v) is 14.6. The van der Waals surface area contributed by atoms with Crippen LogP contribution in [0.5, 0.6) is 11.5 Å². The number of unbranched alkanes of at least 4 members (excludes halogenated alkanes) is 10. The van der Waals surface area contributed by atoms with E-state index < -0.39 is 0 Å². The number of nitrogens with two attached hydrogens (primary N) is 1. The molecule has 2 aromatic carbocycles. The number of hydrogen-bond donors (Lipinski definition) is 1. The zero-order chi connectivity index (χ0) is 28.7. The van der Waals surface area contributed by atoms with E-state index in [2.05, 4.69) is 16.8 Å². The van der Waals surface area contributed by atoms with Crippen molar-refractivity contribution in [2.75, 3.05) is 19.8 Å². The Morgan fingerprint density at radius 3 is 1.75 bits per heavy atom. The number of azo groups is 1. The fourth-order valence-corrected chi connectivity index (χ4v) is 3.94. The van der Waals surface area contributed by atoms with Gasteiger partial charge in [0.2, 0.25) is 0 Å². The SMILES string of the molecule is C=CC(=O)OCCCCCCCCCOc1ccc(N=Nc2ccc(OC(=O)CCCCCCCN)cc2)cc1. The summed E-state index contributed by atoms with van der Waals surface area (Å²) in [5.74, 6) is 0.762.